The van der Waals surface area contributed by atoms with Gasteiger partial charge in [0.15, 0.2) is 40.3 Å². The molecule has 0 saturated carbocycles. The Kier molecular flexibility index (Phi) is 8.14. The largest absolute Gasteiger partial charge is 0.493 e. The molecule has 0 radical (unpaired) electrons. The number of allylic oxidation sites excluding steroid dienone is 1. The van der Waals surface area contributed by atoms with Crippen LogP contribution in [0.4, 0.5) is 0 Å². The molecule has 1 heterocycles. The number of ketones is 1. The van der Waals surface area contributed by atoms with Crippen molar-refractivity contribution >= 4 is 17.3 Å². The molecule has 4 rings (SSSR count). The van der Waals surface area contributed by atoms with Gasteiger partial charge in [-0.2, -0.15) is 0 Å². The molecule has 10 nitrogen and oxygen atoms in total. The van der Waals surface area contributed by atoms with E-state index >= 15 is 0 Å². The lowest BCUT2D eigenvalue weighted by Crippen LogP contribution is -2.14. The van der Waals surface area contributed by atoms with Crippen LogP contribution in [0, 0.1) is 0 Å². The summed E-state index contributed by atoms with van der Waals surface area (Å²) in [6.07, 6.45) is -0.0695. The number of aliphatic carboxylic acids is 1. The van der Waals surface area contributed by atoms with Crippen molar-refractivity contribution in [2.45, 2.75) is 6.42 Å². The quantitative estimate of drug-likeness (QED) is 0.279. The normalized spacial score (nSPS) is 12.3. The standard InChI is InChI=1S/C29H28O10/c1-33-20-8-7-18(14-22(20)34-2)27(30)19(10-16-11-24(35-3)28(37-5)25(12-16)36-4)26(29(31)32)17-6-9-21-23(13-17)39-15-38-21/h6-9,11-14H,10,15H2,1-5H3,(H,31,32)/b26-19+. The summed E-state index contributed by atoms with van der Waals surface area (Å²) in [6, 6.07) is 12.7. The van der Waals surface area contributed by atoms with Gasteiger partial charge < -0.3 is 38.3 Å². The molecule has 0 fully saturated rings. The van der Waals surface area contributed by atoms with Crippen LogP contribution >= 0.6 is 0 Å². The van der Waals surface area contributed by atoms with E-state index in [2.05, 4.69) is 0 Å². The number of fused-ring (bicyclic) bond motifs is 1. The summed E-state index contributed by atoms with van der Waals surface area (Å²) >= 11 is 0. The van der Waals surface area contributed by atoms with E-state index in [0.29, 0.717) is 45.8 Å². The Labute approximate surface area is 225 Å². The van der Waals surface area contributed by atoms with Crippen molar-refractivity contribution in [1.29, 1.82) is 0 Å². The fourth-order valence-electron chi connectivity index (χ4n) is 4.35. The lowest BCUT2D eigenvalue weighted by Gasteiger charge is -2.17. The summed E-state index contributed by atoms with van der Waals surface area (Å²) in [4.78, 5) is 26.8. The molecule has 1 aliphatic rings. The van der Waals surface area contributed by atoms with Gasteiger partial charge in [0, 0.05) is 17.6 Å². The van der Waals surface area contributed by atoms with Gasteiger partial charge >= 0.3 is 5.97 Å². The van der Waals surface area contributed by atoms with Gasteiger partial charge in [0.05, 0.1) is 41.1 Å². The van der Waals surface area contributed by atoms with Crippen molar-refractivity contribution in [3.05, 3.63) is 70.8 Å². The predicted octanol–water partition coefficient (Wildman–Crippen LogP) is 4.42. The zero-order valence-electron chi connectivity index (χ0n) is 22.2. The van der Waals surface area contributed by atoms with Crippen molar-refractivity contribution in [2.75, 3.05) is 42.3 Å². The maximum Gasteiger partial charge on any atom is 0.336 e. The monoisotopic (exact) mass is 536 g/mol. The van der Waals surface area contributed by atoms with Crippen LogP contribution in [0.15, 0.2) is 54.1 Å². The summed E-state index contributed by atoms with van der Waals surface area (Å²) in [5.74, 6) is 0.931. The predicted molar refractivity (Wildman–Crippen MR) is 141 cm³/mol. The van der Waals surface area contributed by atoms with E-state index in [1.807, 2.05) is 0 Å². The molecule has 0 aliphatic carbocycles. The number of hydrogen-bond donors (Lipinski definition) is 1. The number of carboxylic acid groups (broad SMARTS) is 1. The Bertz CT molecular complexity index is 1410. The van der Waals surface area contributed by atoms with Crippen molar-refractivity contribution < 1.29 is 47.9 Å². The van der Waals surface area contributed by atoms with E-state index in [9.17, 15) is 14.7 Å². The molecule has 10 heteroatoms. The summed E-state index contributed by atoms with van der Waals surface area (Å²) in [6.45, 7) is 0.0216. The molecular weight excluding hydrogens is 508 g/mol. The first kappa shape index (κ1) is 27.2. The van der Waals surface area contributed by atoms with Crippen molar-refractivity contribution in [1.82, 2.24) is 0 Å². The van der Waals surface area contributed by atoms with Gasteiger partial charge in [-0.05, 0) is 53.6 Å². The number of rotatable bonds is 11. The maximum absolute atomic E-state index is 14.0. The summed E-state index contributed by atoms with van der Waals surface area (Å²) < 4.78 is 37.8. The topological polar surface area (TPSA) is 119 Å². The van der Waals surface area contributed by atoms with Crippen LogP contribution in [0.1, 0.15) is 21.5 Å². The van der Waals surface area contributed by atoms with Crippen LogP contribution in [0.3, 0.4) is 0 Å². The molecule has 1 N–H and O–H groups in total. The number of Topliss-reactive ketones (excluding diaryl/α,β-unsaturated/α-hetero) is 1. The van der Waals surface area contributed by atoms with Crippen LogP contribution in [0.2, 0.25) is 0 Å². The van der Waals surface area contributed by atoms with Crippen LogP contribution in [0.5, 0.6) is 40.2 Å². The smallest absolute Gasteiger partial charge is 0.336 e. The second-order valence-corrected chi connectivity index (χ2v) is 8.34. The molecule has 0 bridgehead atoms. The number of carboxylic acids is 1. The van der Waals surface area contributed by atoms with E-state index in [1.54, 1.807) is 42.5 Å². The molecule has 0 atom stereocenters. The van der Waals surface area contributed by atoms with E-state index < -0.39 is 11.8 Å². The fourth-order valence-corrected chi connectivity index (χ4v) is 4.35. The number of methoxy groups -OCH3 is 5. The van der Waals surface area contributed by atoms with Crippen LogP contribution < -0.4 is 33.2 Å². The zero-order chi connectivity index (χ0) is 28.1. The van der Waals surface area contributed by atoms with Crippen molar-refractivity contribution in [3.63, 3.8) is 0 Å². The zero-order valence-corrected chi connectivity index (χ0v) is 22.2. The van der Waals surface area contributed by atoms with Crippen molar-refractivity contribution in [2.24, 2.45) is 0 Å². The lowest BCUT2D eigenvalue weighted by atomic mass is 9.89. The highest BCUT2D eigenvalue weighted by Crippen LogP contribution is 2.40. The third-order valence-corrected chi connectivity index (χ3v) is 6.20. The molecule has 39 heavy (non-hydrogen) atoms. The third-order valence-electron chi connectivity index (χ3n) is 6.20. The van der Waals surface area contributed by atoms with Crippen LogP contribution in [-0.2, 0) is 11.2 Å². The van der Waals surface area contributed by atoms with Gasteiger partial charge in [-0.1, -0.05) is 6.07 Å². The Hall–Kier alpha value is -4.86. The van der Waals surface area contributed by atoms with Gasteiger partial charge in [-0.3, -0.25) is 4.79 Å². The summed E-state index contributed by atoms with van der Waals surface area (Å²) in [5, 5.41) is 10.4. The highest BCUT2D eigenvalue weighted by atomic mass is 16.7. The van der Waals surface area contributed by atoms with Crippen LogP contribution in [-0.4, -0.2) is 59.2 Å². The second-order valence-electron chi connectivity index (χ2n) is 8.34. The van der Waals surface area contributed by atoms with Gasteiger partial charge in [-0.15, -0.1) is 0 Å². The van der Waals surface area contributed by atoms with Gasteiger partial charge in [0.1, 0.15) is 0 Å². The van der Waals surface area contributed by atoms with E-state index in [1.165, 1.54) is 41.6 Å². The van der Waals surface area contributed by atoms with Gasteiger partial charge in [0.25, 0.3) is 0 Å². The molecule has 204 valence electrons. The third kappa shape index (κ3) is 5.40. The number of carbonyl (C=O) groups is 2. The minimum Gasteiger partial charge on any atom is -0.493 e. The molecule has 0 aromatic heterocycles. The number of benzene rings is 3. The average Bonchev–Trinajstić information content (AvgIpc) is 3.43. The number of hydrogen-bond acceptors (Lipinski definition) is 9. The molecular formula is C29H28O10. The Morgan fingerprint density at radius 3 is 1.92 bits per heavy atom. The maximum atomic E-state index is 14.0. The summed E-state index contributed by atoms with van der Waals surface area (Å²) in [5.41, 5.74) is 0.884. The molecule has 0 spiro atoms. The molecule has 1 aliphatic heterocycles. The molecule has 3 aromatic carbocycles. The van der Waals surface area contributed by atoms with Gasteiger partial charge in [0.2, 0.25) is 12.5 Å². The minimum absolute atomic E-state index is 0.0165. The second kappa shape index (κ2) is 11.7. The molecule has 0 unspecified atom stereocenters. The Morgan fingerprint density at radius 2 is 1.33 bits per heavy atom. The van der Waals surface area contributed by atoms with E-state index in [4.69, 9.17) is 33.2 Å². The SMILES string of the molecule is COc1ccc(C(=O)/C(Cc2cc(OC)c(OC)c(OC)c2)=C(/C(=O)O)c2ccc3c(c2)OCO3)cc1OC. The van der Waals surface area contributed by atoms with E-state index in [0.717, 1.165) is 0 Å². The average molecular weight is 537 g/mol. The highest BCUT2D eigenvalue weighted by molar-refractivity contribution is 6.26. The summed E-state index contributed by atoms with van der Waals surface area (Å²) in [7, 11) is 7.36. The van der Waals surface area contributed by atoms with Gasteiger partial charge in [-0.25, -0.2) is 4.79 Å². The number of ether oxygens (including phenoxy) is 7. The number of carbonyl (C=O) groups excluding carboxylic acids is 1. The fraction of sp³-hybridized carbons (Fsp3) is 0.241. The highest BCUT2D eigenvalue weighted by Gasteiger charge is 2.27. The van der Waals surface area contributed by atoms with E-state index in [-0.39, 0.29) is 35.5 Å². The Balaban J connectivity index is 1.93. The Morgan fingerprint density at radius 1 is 0.718 bits per heavy atom. The lowest BCUT2D eigenvalue weighted by molar-refractivity contribution is -0.130. The van der Waals surface area contributed by atoms with Crippen LogP contribution in [0.25, 0.3) is 5.57 Å². The first-order chi connectivity index (χ1) is 18.8. The molecule has 0 amide bonds. The van der Waals surface area contributed by atoms with Crippen molar-refractivity contribution in [3.8, 4) is 40.2 Å². The molecule has 3 aromatic rings. The minimum atomic E-state index is -1.29. The first-order valence-corrected chi connectivity index (χ1v) is 11.8. The first-order valence-electron chi connectivity index (χ1n) is 11.8. The molecule has 0 saturated heterocycles.